The molecule has 6 heteroatoms. The average Bonchev–Trinajstić information content (AvgIpc) is 2.78. The van der Waals surface area contributed by atoms with Crippen LogP contribution in [0.4, 0.5) is 0 Å². The van der Waals surface area contributed by atoms with Gasteiger partial charge in [0.2, 0.25) is 5.60 Å². The number of carboxylic acids is 1. The SMILES string of the molecule is CCOC(C=[P+]([O-])CSc1ccc2ccccc2c1)(CCCc1ccccc1)C(=O)O. The zero-order valence-electron chi connectivity index (χ0n) is 17.6. The van der Waals surface area contributed by atoms with E-state index in [1.165, 1.54) is 17.6 Å². The normalized spacial score (nSPS) is 13.8. The lowest BCUT2D eigenvalue weighted by Gasteiger charge is -2.24. The first-order valence-corrected chi connectivity index (χ1v) is 12.8. The van der Waals surface area contributed by atoms with Crippen molar-refractivity contribution in [3.05, 3.63) is 78.4 Å². The predicted molar refractivity (Wildman–Crippen MR) is 129 cm³/mol. The summed E-state index contributed by atoms with van der Waals surface area (Å²) < 4.78 is 5.66. The van der Waals surface area contributed by atoms with Crippen LogP contribution < -0.4 is 4.89 Å². The Morgan fingerprint density at radius 1 is 1.10 bits per heavy atom. The van der Waals surface area contributed by atoms with Gasteiger partial charge in [0.15, 0.2) is 5.49 Å². The third kappa shape index (κ3) is 6.65. The number of ether oxygens (including phenoxy) is 1. The number of thioether (sulfide) groups is 1. The summed E-state index contributed by atoms with van der Waals surface area (Å²) in [5.74, 6) is 0.328. The van der Waals surface area contributed by atoms with Gasteiger partial charge in [-0.2, -0.15) is 0 Å². The molecular weight excluding hydrogens is 427 g/mol. The fourth-order valence-electron chi connectivity index (χ4n) is 3.52. The topological polar surface area (TPSA) is 69.6 Å². The Morgan fingerprint density at radius 3 is 2.52 bits per heavy atom. The van der Waals surface area contributed by atoms with Gasteiger partial charge in [-0.15, -0.1) is 0 Å². The smallest absolute Gasteiger partial charge is 0.344 e. The highest BCUT2D eigenvalue weighted by Gasteiger charge is 2.40. The molecule has 0 aliphatic heterocycles. The minimum Gasteiger partial charge on any atom is -0.630 e. The van der Waals surface area contributed by atoms with Gasteiger partial charge >= 0.3 is 5.97 Å². The number of carboxylic acid groups (broad SMARTS) is 1. The molecule has 3 rings (SSSR count). The van der Waals surface area contributed by atoms with Gasteiger partial charge in [0.1, 0.15) is 5.80 Å². The zero-order valence-corrected chi connectivity index (χ0v) is 19.3. The minimum absolute atomic E-state index is 0.245. The molecular formula is C25H27O4PS. The van der Waals surface area contributed by atoms with Crippen molar-refractivity contribution in [3.63, 3.8) is 0 Å². The maximum Gasteiger partial charge on any atom is 0.344 e. The van der Waals surface area contributed by atoms with Crippen LogP contribution in [0.5, 0.6) is 0 Å². The van der Waals surface area contributed by atoms with Crippen LogP contribution in [0.3, 0.4) is 0 Å². The van der Waals surface area contributed by atoms with Gasteiger partial charge in [0, 0.05) is 11.5 Å². The lowest BCUT2D eigenvalue weighted by atomic mass is 9.96. The molecule has 0 aliphatic carbocycles. The highest BCUT2D eigenvalue weighted by atomic mass is 32.2. The van der Waals surface area contributed by atoms with Crippen molar-refractivity contribution >= 4 is 42.1 Å². The lowest BCUT2D eigenvalue weighted by Crippen LogP contribution is -2.43. The van der Waals surface area contributed by atoms with Crippen LogP contribution in [0, 0.1) is 0 Å². The Balaban J connectivity index is 1.68. The molecule has 1 N–H and O–H groups in total. The highest BCUT2D eigenvalue weighted by Crippen LogP contribution is 2.32. The van der Waals surface area contributed by atoms with E-state index < -0.39 is 19.3 Å². The van der Waals surface area contributed by atoms with Crippen molar-refractivity contribution in [1.29, 1.82) is 0 Å². The van der Waals surface area contributed by atoms with Crippen molar-refractivity contribution < 1.29 is 19.5 Å². The summed E-state index contributed by atoms with van der Waals surface area (Å²) in [7, 11) is -1.87. The molecule has 0 radical (unpaired) electrons. The molecule has 4 nitrogen and oxygen atoms in total. The number of carbonyl (C=O) groups is 1. The quantitative estimate of drug-likeness (QED) is 0.313. The average molecular weight is 455 g/mol. The van der Waals surface area contributed by atoms with E-state index in [9.17, 15) is 14.8 Å². The molecule has 3 aromatic carbocycles. The first-order valence-electron chi connectivity index (χ1n) is 10.3. The van der Waals surface area contributed by atoms with E-state index in [0.717, 1.165) is 27.7 Å². The summed E-state index contributed by atoms with van der Waals surface area (Å²) in [5, 5.41) is 12.2. The van der Waals surface area contributed by atoms with Crippen LogP contribution in [0.1, 0.15) is 25.3 Å². The largest absolute Gasteiger partial charge is 0.630 e. The summed E-state index contributed by atoms with van der Waals surface area (Å²) in [6.45, 7) is 2.01. The third-order valence-electron chi connectivity index (χ3n) is 5.05. The maximum absolute atomic E-state index is 12.8. The highest BCUT2D eigenvalue weighted by molar-refractivity contribution is 8.04. The van der Waals surface area contributed by atoms with Gasteiger partial charge in [-0.05, 0) is 54.7 Å². The summed E-state index contributed by atoms with van der Waals surface area (Å²) in [4.78, 5) is 26.0. The van der Waals surface area contributed by atoms with Crippen LogP contribution in [0.2, 0.25) is 0 Å². The molecule has 0 amide bonds. The van der Waals surface area contributed by atoms with Crippen LogP contribution in [-0.2, 0) is 16.0 Å². The van der Waals surface area contributed by atoms with E-state index in [0.29, 0.717) is 11.9 Å². The minimum atomic E-state index is -1.87. The number of aliphatic carboxylic acids is 1. The molecule has 2 unspecified atom stereocenters. The first-order chi connectivity index (χ1) is 15.0. The van der Waals surface area contributed by atoms with Crippen molar-refractivity contribution in [2.45, 2.75) is 36.7 Å². The van der Waals surface area contributed by atoms with E-state index in [1.807, 2.05) is 60.7 Å². The Hall–Kier alpha value is -2.17. The van der Waals surface area contributed by atoms with Gasteiger partial charge in [0.05, 0.1) is 7.77 Å². The Kier molecular flexibility index (Phi) is 8.68. The Bertz CT molecular complexity index is 1040. The van der Waals surface area contributed by atoms with E-state index >= 15 is 0 Å². The van der Waals surface area contributed by atoms with Gasteiger partial charge in [-0.1, -0.05) is 72.4 Å². The van der Waals surface area contributed by atoms with Crippen LogP contribution in [0.25, 0.3) is 10.8 Å². The van der Waals surface area contributed by atoms with Crippen molar-refractivity contribution in [3.8, 4) is 0 Å². The predicted octanol–water partition coefficient (Wildman–Crippen LogP) is 5.33. The Morgan fingerprint density at radius 2 is 1.81 bits per heavy atom. The molecule has 0 fully saturated rings. The molecule has 0 aromatic heterocycles. The van der Waals surface area contributed by atoms with E-state index in [2.05, 4.69) is 12.1 Å². The molecule has 31 heavy (non-hydrogen) atoms. The number of rotatable bonds is 11. The summed E-state index contributed by atoms with van der Waals surface area (Å²) in [5.41, 5.74) is -0.0652. The van der Waals surface area contributed by atoms with Crippen molar-refractivity contribution in [2.24, 2.45) is 0 Å². The second-order valence-corrected chi connectivity index (χ2v) is 10.2. The lowest BCUT2D eigenvalue weighted by molar-refractivity contribution is -0.159. The number of aryl methyl sites for hydroxylation is 1. The van der Waals surface area contributed by atoms with Gasteiger partial charge in [0.25, 0.3) is 0 Å². The van der Waals surface area contributed by atoms with Crippen LogP contribution in [0.15, 0.2) is 77.7 Å². The molecule has 2 atom stereocenters. The standard InChI is InChI=1S/C25H27O4PS/c1-2-29-25(24(26)27,16-8-11-20-9-4-3-5-10-20)18-30(28)19-31-23-15-14-21-12-6-7-13-22(21)17-23/h3-7,9-10,12-15,17-18H,2,8,11,16,19H2,1H3,(H,26,27). The van der Waals surface area contributed by atoms with Crippen LogP contribution >= 0.6 is 19.5 Å². The molecule has 0 aliphatic rings. The summed E-state index contributed by atoms with van der Waals surface area (Å²) in [6.07, 6.45) is 1.67. The van der Waals surface area contributed by atoms with Crippen molar-refractivity contribution in [1.82, 2.24) is 0 Å². The zero-order chi connectivity index (χ0) is 22.1. The van der Waals surface area contributed by atoms with Crippen LogP contribution in [-0.4, -0.2) is 34.6 Å². The number of hydrogen-bond acceptors (Lipinski definition) is 4. The second kappa shape index (κ2) is 11.4. The molecule has 0 saturated carbocycles. The molecule has 0 saturated heterocycles. The monoisotopic (exact) mass is 454 g/mol. The molecule has 3 aromatic rings. The summed E-state index contributed by atoms with van der Waals surface area (Å²) >= 11 is 1.47. The first kappa shape index (κ1) is 23.5. The van der Waals surface area contributed by atoms with E-state index in [4.69, 9.17) is 4.74 Å². The fourth-order valence-corrected chi connectivity index (χ4v) is 6.08. The van der Waals surface area contributed by atoms with E-state index in [-0.39, 0.29) is 13.0 Å². The number of fused-ring (bicyclic) bond motifs is 1. The van der Waals surface area contributed by atoms with Gasteiger partial charge in [-0.3, -0.25) is 0 Å². The van der Waals surface area contributed by atoms with Gasteiger partial charge < -0.3 is 14.7 Å². The Labute approximate surface area is 188 Å². The fraction of sp³-hybridized carbons (Fsp3) is 0.280. The van der Waals surface area contributed by atoms with Crippen molar-refractivity contribution in [2.75, 3.05) is 12.1 Å². The number of benzene rings is 3. The second-order valence-electron chi connectivity index (χ2n) is 7.30. The molecule has 162 valence electrons. The van der Waals surface area contributed by atoms with E-state index in [1.54, 1.807) is 6.92 Å². The summed E-state index contributed by atoms with van der Waals surface area (Å²) in [6, 6.07) is 24.1. The number of hydrogen-bond donors (Lipinski definition) is 1. The van der Waals surface area contributed by atoms with Gasteiger partial charge in [-0.25, -0.2) is 4.79 Å². The maximum atomic E-state index is 12.8. The third-order valence-corrected chi connectivity index (χ3v) is 7.88. The molecule has 0 heterocycles. The molecule has 0 spiro atoms. The molecule has 0 bridgehead atoms.